The van der Waals surface area contributed by atoms with Crippen molar-refractivity contribution in [2.24, 2.45) is 0 Å². The molecule has 2 N–H and O–H groups in total. The van der Waals surface area contributed by atoms with Crippen LogP contribution in [0.1, 0.15) is 18.6 Å². The fourth-order valence-corrected chi connectivity index (χ4v) is 1.10. The van der Waals surface area contributed by atoms with Crippen molar-refractivity contribution >= 4 is 0 Å². The quantitative estimate of drug-likeness (QED) is 0.883. The van der Waals surface area contributed by atoms with Gasteiger partial charge in [-0.15, -0.1) is 0 Å². The maximum absolute atomic E-state index is 9.73. The molecular weight excluding hydrogens is 290 g/mol. The zero-order valence-electron chi connectivity index (χ0n) is 7.99. The molecule has 3 heteroatoms. The number of aliphatic hydroxyl groups is 1. The van der Waals surface area contributed by atoms with E-state index in [1.54, 1.807) is 0 Å². The van der Waals surface area contributed by atoms with Gasteiger partial charge in [-0.2, -0.15) is 0 Å². The van der Waals surface area contributed by atoms with Gasteiger partial charge in [0.15, 0.2) is 0 Å². The van der Waals surface area contributed by atoms with Crippen LogP contribution in [0.25, 0.3) is 0 Å². The van der Waals surface area contributed by atoms with Crippen molar-refractivity contribution in [1.82, 2.24) is 5.32 Å². The molecule has 0 unspecified atom stereocenters. The second-order valence-corrected chi connectivity index (χ2v) is 2.93. The maximum Gasteiger partial charge on any atom is 0.0940 e. The van der Waals surface area contributed by atoms with Crippen LogP contribution in [-0.4, -0.2) is 18.2 Å². The van der Waals surface area contributed by atoms with E-state index in [4.69, 9.17) is 0 Å². The van der Waals surface area contributed by atoms with Gasteiger partial charge in [-0.05, 0) is 19.5 Å². The minimum atomic E-state index is -0.420. The summed E-state index contributed by atoms with van der Waals surface area (Å²) in [5, 5.41) is 12.7. The van der Waals surface area contributed by atoms with Crippen LogP contribution >= 0.6 is 0 Å². The smallest absolute Gasteiger partial charge is 0.0940 e. The van der Waals surface area contributed by atoms with E-state index in [2.05, 4.69) is 5.32 Å². The molecule has 0 saturated heterocycles. The summed E-state index contributed by atoms with van der Waals surface area (Å²) in [7, 11) is 1.84. The normalized spacial score (nSPS) is 14.4. The van der Waals surface area contributed by atoms with Gasteiger partial charge >= 0.3 is 0 Å². The van der Waals surface area contributed by atoms with Gasteiger partial charge in [-0.1, -0.05) is 30.3 Å². The first kappa shape index (κ1) is 13.5. The Labute approximate surface area is 113 Å². The van der Waals surface area contributed by atoms with E-state index in [-0.39, 0.29) is 47.8 Å². The number of aliphatic hydroxyl groups excluding tert-OH is 1. The Kier molecular flexibility index (Phi) is 7.17. The topological polar surface area (TPSA) is 32.3 Å². The van der Waals surface area contributed by atoms with Crippen molar-refractivity contribution in [3.05, 3.63) is 35.9 Å². The predicted octanol–water partition coefficient (Wildman–Crippen LogP) is 1.33. The van der Waals surface area contributed by atoms with E-state index in [1.165, 1.54) is 0 Å². The fraction of sp³-hybridized carbons (Fsp3) is 0.400. The molecule has 0 saturated carbocycles. The van der Waals surface area contributed by atoms with Crippen molar-refractivity contribution < 1.29 is 46.9 Å². The van der Waals surface area contributed by atoms with E-state index in [0.717, 1.165) is 5.56 Å². The third-order valence-electron chi connectivity index (χ3n) is 2.07. The summed E-state index contributed by atoms with van der Waals surface area (Å²) in [4.78, 5) is 0. The standard InChI is InChI=1S/C10H15NO.Ce/c1-8(11-2)10(12)9-6-4-3-5-7-9;/h3-8,10-12H,1-2H3;/t8-,10-;/m0./s1. The molecule has 1 aromatic rings. The molecule has 0 spiro atoms. The first-order valence-corrected chi connectivity index (χ1v) is 4.16. The van der Waals surface area contributed by atoms with Crippen LogP contribution in [0.4, 0.5) is 0 Å². The number of hydrogen-bond acceptors (Lipinski definition) is 2. The summed E-state index contributed by atoms with van der Waals surface area (Å²) < 4.78 is 0. The van der Waals surface area contributed by atoms with Crippen molar-refractivity contribution in [1.29, 1.82) is 0 Å². The van der Waals surface area contributed by atoms with Gasteiger partial charge in [0.05, 0.1) is 6.10 Å². The molecule has 1 aromatic carbocycles. The van der Waals surface area contributed by atoms with Crippen LogP contribution < -0.4 is 5.32 Å². The zero-order valence-corrected chi connectivity index (χ0v) is 11.1. The average Bonchev–Trinajstić information content (AvgIpc) is 2.17. The summed E-state index contributed by atoms with van der Waals surface area (Å²) in [5.74, 6) is 0. The number of nitrogens with one attached hydrogen (secondary N) is 1. The average molecular weight is 305 g/mol. The van der Waals surface area contributed by atoms with Crippen LogP contribution in [0.5, 0.6) is 0 Å². The Morgan fingerprint density at radius 3 is 2.23 bits per heavy atom. The molecule has 0 aromatic heterocycles. The van der Waals surface area contributed by atoms with Gasteiger partial charge in [-0.3, -0.25) is 0 Å². The molecule has 0 heterocycles. The summed E-state index contributed by atoms with van der Waals surface area (Å²) in [6, 6.07) is 9.76. The Bertz CT molecular complexity index is 228. The first-order chi connectivity index (χ1) is 5.75. The Morgan fingerprint density at radius 2 is 1.77 bits per heavy atom. The van der Waals surface area contributed by atoms with Crippen molar-refractivity contribution in [3.8, 4) is 0 Å². The number of rotatable bonds is 3. The number of benzene rings is 1. The molecule has 0 fully saturated rings. The molecule has 70 valence electrons. The molecule has 2 nitrogen and oxygen atoms in total. The summed E-state index contributed by atoms with van der Waals surface area (Å²) in [6.45, 7) is 1.96. The Balaban J connectivity index is 0.00000144. The van der Waals surface area contributed by atoms with E-state index in [0.29, 0.717) is 0 Å². The molecule has 0 aliphatic carbocycles. The summed E-state index contributed by atoms with van der Waals surface area (Å²) in [5.41, 5.74) is 0.958. The van der Waals surface area contributed by atoms with Crippen molar-refractivity contribution in [2.75, 3.05) is 7.05 Å². The van der Waals surface area contributed by atoms with Gasteiger partial charge < -0.3 is 10.4 Å². The molecule has 2 atom stereocenters. The van der Waals surface area contributed by atoms with Gasteiger partial charge in [-0.25, -0.2) is 0 Å². The second kappa shape index (κ2) is 6.90. The fourth-order valence-electron chi connectivity index (χ4n) is 1.10. The zero-order chi connectivity index (χ0) is 8.97. The molecule has 0 bridgehead atoms. The summed E-state index contributed by atoms with van der Waals surface area (Å²) in [6.07, 6.45) is -0.420. The third kappa shape index (κ3) is 4.04. The van der Waals surface area contributed by atoms with Gasteiger partial charge in [0.25, 0.3) is 0 Å². The van der Waals surface area contributed by atoms with E-state index < -0.39 is 6.10 Å². The number of likely N-dealkylation sites (N-methyl/N-ethyl adjacent to an activating group) is 1. The Morgan fingerprint density at radius 1 is 1.23 bits per heavy atom. The van der Waals surface area contributed by atoms with E-state index >= 15 is 0 Å². The molecular formula is C10H15CeNO. The van der Waals surface area contributed by atoms with Crippen LogP contribution in [0.15, 0.2) is 30.3 Å². The van der Waals surface area contributed by atoms with Crippen molar-refractivity contribution in [2.45, 2.75) is 19.1 Å². The summed E-state index contributed by atoms with van der Waals surface area (Å²) >= 11 is 0. The maximum atomic E-state index is 9.73. The van der Waals surface area contributed by atoms with Crippen molar-refractivity contribution in [3.63, 3.8) is 0 Å². The molecule has 0 amide bonds. The van der Waals surface area contributed by atoms with Gasteiger partial charge in [0.2, 0.25) is 0 Å². The molecule has 0 radical (unpaired) electrons. The van der Waals surface area contributed by atoms with Crippen LogP contribution in [0, 0.1) is 41.7 Å². The largest absolute Gasteiger partial charge is 0.387 e. The molecule has 1 rings (SSSR count). The van der Waals surface area contributed by atoms with Crippen LogP contribution in [0.3, 0.4) is 0 Å². The minimum Gasteiger partial charge on any atom is -0.387 e. The third-order valence-corrected chi connectivity index (χ3v) is 2.07. The number of hydrogen-bond donors (Lipinski definition) is 2. The molecule has 0 aliphatic heterocycles. The van der Waals surface area contributed by atoms with Crippen LogP contribution in [0.2, 0.25) is 0 Å². The molecule has 0 aliphatic rings. The van der Waals surface area contributed by atoms with E-state index in [1.807, 2.05) is 44.3 Å². The predicted molar refractivity (Wildman–Crippen MR) is 49.9 cm³/mol. The first-order valence-electron chi connectivity index (χ1n) is 4.16. The van der Waals surface area contributed by atoms with Crippen LogP contribution in [-0.2, 0) is 0 Å². The SMILES string of the molecule is CN[C@@H](C)[C@H](O)c1ccccc1.[Ce]. The minimum absolute atomic E-state index is 0. The van der Waals surface area contributed by atoms with Gasteiger partial charge in [0, 0.05) is 47.8 Å². The van der Waals surface area contributed by atoms with E-state index in [9.17, 15) is 5.11 Å². The molecule has 13 heavy (non-hydrogen) atoms. The second-order valence-electron chi connectivity index (χ2n) is 2.93. The monoisotopic (exact) mass is 305 g/mol. The van der Waals surface area contributed by atoms with Gasteiger partial charge in [0.1, 0.15) is 0 Å². The Hall–Kier alpha value is 0.517.